The van der Waals surface area contributed by atoms with Crippen LogP contribution < -0.4 is 0 Å². The molecule has 0 bridgehead atoms. The zero-order valence-electron chi connectivity index (χ0n) is 13.9. The van der Waals surface area contributed by atoms with E-state index in [1.165, 1.54) is 0 Å². The molecule has 136 valence electrons. The van der Waals surface area contributed by atoms with E-state index in [1.54, 1.807) is 30.5 Å². The highest BCUT2D eigenvalue weighted by molar-refractivity contribution is 6.33. The van der Waals surface area contributed by atoms with Crippen LogP contribution in [-0.4, -0.2) is 15.3 Å². The lowest BCUT2D eigenvalue weighted by Gasteiger charge is -1.98. The Bertz CT molecular complexity index is 978. The Morgan fingerprint density at radius 1 is 0.815 bits per heavy atom. The van der Waals surface area contributed by atoms with Crippen molar-refractivity contribution in [3.8, 4) is 22.5 Å². The van der Waals surface area contributed by atoms with Crippen LogP contribution in [0.1, 0.15) is 11.5 Å². The Morgan fingerprint density at radius 2 is 1.44 bits per heavy atom. The highest BCUT2D eigenvalue weighted by Gasteiger charge is 2.12. The molecule has 1 aromatic carbocycles. The average Bonchev–Trinajstić information content (AvgIpc) is 3.33. The van der Waals surface area contributed by atoms with Crippen molar-refractivity contribution < 1.29 is 13.8 Å². The van der Waals surface area contributed by atoms with E-state index in [0.29, 0.717) is 38.6 Å². The summed E-state index contributed by atoms with van der Waals surface area (Å²) >= 11 is 12.2. The second-order valence-corrected chi connectivity index (χ2v) is 6.44. The number of pyridine rings is 1. The molecule has 27 heavy (non-hydrogen) atoms. The van der Waals surface area contributed by atoms with E-state index in [-0.39, 0.29) is 13.2 Å². The first kappa shape index (κ1) is 17.7. The zero-order chi connectivity index (χ0) is 18.6. The summed E-state index contributed by atoms with van der Waals surface area (Å²) in [6.07, 6.45) is 1.62. The van der Waals surface area contributed by atoms with Crippen molar-refractivity contribution in [1.82, 2.24) is 15.3 Å². The molecule has 0 aliphatic heterocycles. The SMILES string of the molecule is Clc1ccccc1-c1cc(COCc2cc(-c3cccnc3Cl)no2)on1. The Labute approximate surface area is 164 Å². The summed E-state index contributed by atoms with van der Waals surface area (Å²) in [4.78, 5) is 4.02. The van der Waals surface area contributed by atoms with Crippen LogP contribution in [0.4, 0.5) is 0 Å². The van der Waals surface area contributed by atoms with Crippen molar-refractivity contribution in [3.63, 3.8) is 0 Å². The number of hydrogen-bond acceptors (Lipinski definition) is 6. The summed E-state index contributed by atoms with van der Waals surface area (Å²) in [5, 5.41) is 9.01. The third-order valence-corrected chi connectivity index (χ3v) is 4.42. The van der Waals surface area contributed by atoms with E-state index in [1.807, 2.05) is 24.3 Å². The number of hydrogen-bond donors (Lipinski definition) is 0. The number of halogens is 2. The van der Waals surface area contributed by atoms with E-state index < -0.39 is 0 Å². The molecule has 0 atom stereocenters. The van der Waals surface area contributed by atoms with Gasteiger partial charge in [-0.3, -0.25) is 0 Å². The average molecular weight is 402 g/mol. The number of ether oxygens (including phenoxy) is 1. The minimum atomic E-state index is 0.229. The second-order valence-electron chi connectivity index (χ2n) is 5.67. The van der Waals surface area contributed by atoms with Gasteiger partial charge in [0.2, 0.25) is 0 Å². The van der Waals surface area contributed by atoms with Crippen LogP contribution in [0, 0.1) is 0 Å². The van der Waals surface area contributed by atoms with Crippen molar-refractivity contribution >= 4 is 23.2 Å². The largest absolute Gasteiger partial charge is 0.365 e. The molecule has 0 aliphatic rings. The van der Waals surface area contributed by atoms with Crippen molar-refractivity contribution in [2.75, 3.05) is 0 Å². The number of aromatic nitrogens is 3. The Morgan fingerprint density at radius 3 is 2.11 bits per heavy atom. The second kappa shape index (κ2) is 7.92. The van der Waals surface area contributed by atoms with E-state index in [4.69, 9.17) is 37.0 Å². The van der Waals surface area contributed by atoms with Crippen LogP contribution in [0.15, 0.2) is 63.8 Å². The highest BCUT2D eigenvalue weighted by Crippen LogP contribution is 2.28. The van der Waals surface area contributed by atoms with Crippen LogP contribution in [0.3, 0.4) is 0 Å². The molecule has 0 radical (unpaired) electrons. The fraction of sp³-hybridized carbons (Fsp3) is 0.105. The van der Waals surface area contributed by atoms with Gasteiger partial charge in [-0.1, -0.05) is 51.7 Å². The zero-order valence-corrected chi connectivity index (χ0v) is 15.4. The van der Waals surface area contributed by atoms with Crippen molar-refractivity contribution in [2.45, 2.75) is 13.2 Å². The predicted octanol–water partition coefficient (Wildman–Crippen LogP) is 5.42. The molecule has 0 spiro atoms. The molecule has 8 heteroatoms. The van der Waals surface area contributed by atoms with Crippen LogP contribution in [0.5, 0.6) is 0 Å². The van der Waals surface area contributed by atoms with E-state index in [9.17, 15) is 0 Å². The van der Waals surface area contributed by atoms with Gasteiger partial charge in [0.05, 0.1) is 5.02 Å². The van der Waals surface area contributed by atoms with Crippen LogP contribution >= 0.6 is 23.2 Å². The van der Waals surface area contributed by atoms with Gasteiger partial charge in [-0.25, -0.2) is 4.98 Å². The fourth-order valence-electron chi connectivity index (χ4n) is 2.51. The molecule has 0 N–H and O–H groups in total. The molecule has 0 aliphatic carbocycles. The van der Waals surface area contributed by atoms with Gasteiger partial charge in [0, 0.05) is 29.5 Å². The van der Waals surface area contributed by atoms with Crippen molar-refractivity contribution in [3.05, 3.63) is 76.4 Å². The molecule has 0 fully saturated rings. The third kappa shape index (κ3) is 4.03. The lowest BCUT2D eigenvalue weighted by molar-refractivity contribution is 0.0727. The number of rotatable bonds is 6. The molecule has 0 unspecified atom stereocenters. The maximum Gasteiger partial charge on any atom is 0.163 e. The molecule has 0 saturated carbocycles. The lowest BCUT2D eigenvalue weighted by atomic mass is 10.1. The quantitative estimate of drug-likeness (QED) is 0.401. The van der Waals surface area contributed by atoms with Crippen LogP contribution in [-0.2, 0) is 18.0 Å². The first-order chi connectivity index (χ1) is 13.2. The molecule has 4 aromatic rings. The third-order valence-electron chi connectivity index (χ3n) is 3.79. The molecule has 3 heterocycles. The lowest BCUT2D eigenvalue weighted by Crippen LogP contribution is -1.91. The summed E-state index contributed by atoms with van der Waals surface area (Å²) in [6.45, 7) is 0.466. The summed E-state index contributed by atoms with van der Waals surface area (Å²) in [5.41, 5.74) is 2.77. The maximum absolute atomic E-state index is 6.17. The van der Waals surface area contributed by atoms with Gasteiger partial charge in [0.1, 0.15) is 29.8 Å². The molecule has 0 amide bonds. The first-order valence-corrected chi connectivity index (χ1v) is 8.81. The predicted molar refractivity (Wildman–Crippen MR) is 100 cm³/mol. The summed E-state index contributed by atoms with van der Waals surface area (Å²) in [6, 6.07) is 14.6. The number of benzene rings is 1. The van der Waals surface area contributed by atoms with Crippen LogP contribution in [0.25, 0.3) is 22.5 Å². The summed E-state index contributed by atoms with van der Waals surface area (Å²) in [5.74, 6) is 1.15. The Kier molecular flexibility index (Phi) is 5.20. The van der Waals surface area contributed by atoms with Gasteiger partial charge in [-0.2, -0.15) is 0 Å². The first-order valence-electron chi connectivity index (χ1n) is 8.05. The van der Waals surface area contributed by atoms with Gasteiger partial charge in [0.25, 0.3) is 0 Å². The number of nitrogens with zero attached hydrogens (tertiary/aromatic N) is 3. The minimum absolute atomic E-state index is 0.229. The smallest absolute Gasteiger partial charge is 0.163 e. The van der Waals surface area contributed by atoms with Gasteiger partial charge < -0.3 is 13.8 Å². The Hall–Kier alpha value is -2.67. The minimum Gasteiger partial charge on any atom is -0.365 e. The fourth-order valence-corrected chi connectivity index (χ4v) is 2.96. The molecule has 3 aromatic heterocycles. The molecular weight excluding hydrogens is 389 g/mol. The van der Waals surface area contributed by atoms with E-state index in [2.05, 4.69) is 15.3 Å². The van der Waals surface area contributed by atoms with Gasteiger partial charge >= 0.3 is 0 Å². The molecular formula is C19H13Cl2N3O3. The molecule has 4 rings (SSSR count). The maximum atomic E-state index is 6.17. The summed E-state index contributed by atoms with van der Waals surface area (Å²) in [7, 11) is 0. The van der Waals surface area contributed by atoms with E-state index >= 15 is 0 Å². The summed E-state index contributed by atoms with van der Waals surface area (Å²) < 4.78 is 16.2. The standard InChI is InChI=1S/C19H13Cl2N3O3/c20-16-6-2-1-4-14(16)17-8-12(26-23-17)10-25-11-13-9-18(24-27-13)15-5-3-7-22-19(15)21/h1-9H,10-11H2. The monoisotopic (exact) mass is 401 g/mol. The Balaban J connectivity index is 1.37. The van der Waals surface area contributed by atoms with Gasteiger partial charge in [-0.15, -0.1) is 0 Å². The molecule has 6 nitrogen and oxygen atoms in total. The van der Waals surface area contributed by atoms with E-state index in [0.717, 1.165) is 5.56 Å². The van der Waals surface area contributed by atoms with Gasteiger partial charge in [-0.05, 0) is 18.2 Å². The highest BCUT2D eigenvalue weighted by atomic mass is 35.5. The van der Waals surface area contributed by atoms with Gasteiger partial charge in [0.15, 0.2) is 11.5 Å². The van der Waals surface area contributed by atoms with Crippen LogP contribution in [0.2, 0.25) is 10.2 Å². The van der Waals surface area contributed by atoms with Crippen molar-refractivity contribution in [1.29, 1.82) is 0 Å². The topological polar surface area (TPSA) is 74.2 Å². The normalized spacial score (nSPS) is 11.0. The van der Waals surface area contributed by atoms with Crippen molar-refractivity contribution in [2.24, 2.45) is 0 Å². The molecule has 0 saturated heterocycles.